The van der Waals surface area contributed by atoms with Crippen LogP contribution in [0.25, 0.3) is 0 Å². The summed E-state index contributed by atoms with van der Waals surface area (Å²) in [4.78, 5) is 0. The Morgan fingerprint density at radius 2 is 1.76 bits per heavy atom. The first kappa shape index (κ1) is 14.2. The van der Waals surface area contributed by atoms with Gasteiger partial charge in [-0.3, -0.25) is 0 Å². The molecule has 1 rings (SSSR count). The quantitative estimate of drug-likeness (QED) is 0.554. The molecule has 0 aromatic heterocycles. The number of unbranched alkanes of at least 4 members (excludes halogenated alkanes) is 5. The maximum absolute atomic E-state index is 5.68. The van der Waals surface area contributed by atoms with Crippen LogP contribution in [0.3, 0.4) is 0 Å². The second kappa shape index (κ2) is 9.23. The van der Waals surface area contributed by atoms with Crippen LogP contribution in [0.15, 0.2) is 24.3 Å². The molecule has 1 nitrogen and oxygen atoms in total. The van der Waals surface area contributed by atoms with Gasteiger partial charge in [0.05, 0.1) is 6.61 Å². The van der Waals surface area contributed by atoms with Crippen LogP contribution < -0.4 is 0 Å². The molecular formula is C16H26O. The van der Waals surface area contributed by atoms with Crippen molar-refractivity contribution < 1.29 is 4.74 Å². The minimum Gasteiger partial charge on any atom is -0.377 e. The Morgan fingerprint density at radius 3 is 2.53 bits per heavy atom. The number of rotatable bonds is 9. The maximum atomic E-state index is 5.68. The van der Waals surface area contributed by atoms with E-state index in [-0.39, 0.29) is 0 Å². The fourth-order valence-electron chi connectivity index (χ4n) is 1.98. The van der Waals surface area contributed by atoms with E-state index in [9.17, 15) is 0 Å². The van der Waals surface area contributed by atoms with Crippen molar-refractivity contribution in [3.05, 3.63) is 35.4 Å². The fraction of sp³-hybridized carbons (Fsp3) is 0.625. The summed E-state index contributed by atoms with van der Waals surface area (Å²) < 4.78 is 5.68. The van der Waals surface area contributed by atoms with Gasteiger partial charge >= 0.3 is 0 Å². The van der Waals surface area contributed by atoms with Crippen LogP contribution in [0.1, 0.15) is 56.6 Å². The maximum Gasteiger partial charge on any atom is 0.0716 e. The molecule has 96 valence electrons. The first-order valence-electron chi connectivity index (χ1n) is 6.96. The first-order chi connectivity index (χ1) is 8.33. The van der Waals surface area contributed by atoms with Crippen LogP contribution in [0.2, 0.25) is 0 Å². The Bertz CT molecular complexity index is 293. The average molecular weight is 234 g/mol. The highest BCUT2D eigenvalue weighted by atomic mass is 16.5. The van der Waals surface area contributed by atoms with E-state index < -0.39 is 0 Å². The summed E-state index contributed by atoms with van der Waals surface area (Å²) in [6, 6.07) is 8.55. The molecule has 0 aliphatic carbocycles. The highest BCUT2D eigenvalue weighted by molar-refractivity contribution is 5.21. The van der Waals surface area contributed by atoms with Gasteiger partial charge in [0, 0.05) is 6.61 Å². The topological polar surface area (TPSA) is 9.23 Å². The molecule has 0 unspecified atom stereocenters. The molecule has 1 heteroatoms. The smallest absolute Gasteiger partial charge is 0.0716 e. The van der Waals surface area contributed by atoms with Crippen molar-refractivity contribution in [1.82, 2.24) is 0 Å². The molecule has 1 aromatic carbocycles. The molecular weight excluding hydrogens is 208 g/mol. The van der Waals surface area contributed by atoms with Gasteiger partial charge in [-0.05, 0) is 18.9 Å². The van der Waals surface area contributed by atoms with Crippen molar-refractivity contribution >= 4 is 0 Å². The van der Waals surface area contributed by atoms with Crippen molar-refractivity contribution in [2.75, 3.05) is 6.61 Å². The summed E-state index contributed by atoms with van der Waals surface area (Å²) in [5, 5.41) is 0. The number of hydrogen-bond acceptors (Lipinski definition) is 1. The molecule has 0 saturated carbocycles. The molecule has 0 spiro atoms. The second-order valence-electron chi connectivity index (χ2n) is 4.81. The van der Waals surface area contributed by atoms with E-state index >= 15 is 0 Å². The van der Waals surface area contributed by atoms with E-state index in [1.165, 1.54) is 49.7 Å². The van der Waals surface area contributed by atoms with E-state index in [0.717, 1.165) is 13.2 Å². The summed E-state index contributed by atoms with van der Waals surface area (Å²) in [7, 11) is 0. The van der Waals surface area contributed by atoms with Gasteiger partial charge in [0.15, 0.2) is 0 Å². The second-order valence-corrected chi connectivity index (χ2v) is 4.81. The average Bonchev–Trinajstić information content (AvgIpc) is 2.33. The highest BCUT2D eigenvalue weighted by Gasteiger charge is 1.94. The molecule has 0 atom stereocenters. The Kier molecular flexibility index (Phi) is 7.74. The van der Waals surface area contributed by atoms with Crippen LogP contribution in [0.5, 0.6) is 0 Å². The van der Waals surface area contributed by atoms with E-state index in [4.69, 9.17) is 4.74 Å². The van der Waals surface area contributed by atoms with E-state index in [1.807, 2.05) is 0 Å². The summed E-state index contributed by atoms with van der Waals surface area (Å²) in [6.45, 7) is 6.04. The number of aryl methyl sites for hydroxylation is 1. The summed E-state index contributed by atoms with van der Waals surface area (Å²) in [5.41, 5.74) is 2.60. The summed E-state index contributed by atoms with van der Waals surface area (Å²) >= 11 is 0. The van der Waals surface area contributed by atoms with E-state index in [1.54, 1.807) is 0 Å². The van der Waals surface area contributed by atoms with Crippen molar-refractivity contribution in [2.45, 2.75) is 59.0 Å². The van der Waals surface area contributed by atoms with Crippen molar-refractivity contribution in [1.29, 1.82) is 0 Å². The minimum atomic E-state index is 0.761. The predicted molar refractivity (Wildman–Crippen MR) is 74.2 cm³/mol. The van der Waals surface area contributed by atoms with Gasteiger partial charge in [-0.2, -0.15) is 0 Å². The lowest BCUT2D eigenvalue weighted by molar-refractivity contribution is 0.116. The lowest BCUT2D eigenvalue weighted by atomic mass is 10.1. The normalized spacial score (nSPS) is 10.7. The molecule has 0 heterocycles. The zero-order chi connectivity index (χ0) is 12.3. The van der Waals surface area contributed by atoms with Crippen LogP contribution >= 0.6 is 0 Å². The zero-order valence-electron chi connectivity index (χ0n) is 11.4. The lowest BCUT2D eigenvalue weighted by Gasteiger charge is -2.05. The van der Waals surface area contributed by atoms with Gasteiger partial charge in [-0.1, -0.05) is 68.9 Å². The van der Waals surface area contributed by atoms with Crippen LogP contribution in [0, 0.1) is 6.92 Å². The Morgan fingerprint density at radius 1 is 1.00 bits per heavy atom. The SMILES string of the molecule is CCCCCCCCOCc1cccc(C)c1. The molecule has 0 saturated heterocycles. The van der Waals surface area contributed by atoms with Crippen molar-refractivity contribution in [3.8, 4) is 0 Å². The highest BCUT2D eigenvalue weighted by Crippen LogP contribution is 2.07. The Balaban J connectivity index is 1.97. The van der Waals surface area contributed by atoms with Gasteiger partial charge in [-0.15, -0.1) is 0 Å². The molecule has 17 heavy (non-hydrogen) atoms. The third-order valence-electron chi connectivity index (χ3n) is 2.99. The fourth-order valence-corrected chi connectivity index (χ4v) is 1.98. The first-order valence-corrected chi connectivity index (χ1v) is 6.96. The molecule has 0 radical (unpaired) electrons. The van der Waals surface area contributed by atoms with Gasteiger partial charge in [0.2, 0.25) is 0 Å². The summed E-state index contributed by atoms with van der Waals surface area (Å²) in [5.74, 6) is 0. The molecule has 0 aliphatic heterocycles. The van der Waals surface area contributed by atoms with Crippen molar-refractivity contribution in [3.63, 3.8) is 0 Å². The predicted octanol–water partition coefficient (Wildman–Crippen LogP) is 4.87. The zero-order valence-corrected chi connectivity index (χ0v) is 11.4. The number of hydrogen-bond donors (Lipinski definition) is 0. The third kappa shape index (κ3) is 7.17. The van der Waals surface area contributed by atoms with Gasteiger partial charge in [0.1, 0.15) is 0 Å². The van der Waals surface area contributed by atoms with Crippen molar-refractivity contribution in [2.24, 2.45) is 0 Å². The standard InChI is InChI=1S/C16H26O/c1-3-4-5-6-7-8-12-17-14-16-11-9-10-15(2)13-16/h9-11,13H,3-8,12,14H2,1-2H3. The van der Waals surface area contributed by atoms with Crippen LogP contribution in [-0.2, 0) is 11.3 Å². The molecule has 0 bridgehead atoms. The molecule has 0 amide bonds. The molecule has 0 aliphatic rings. The Hall–Kier alpha value is -0.820. The molecule has 0 fully saturated rings. The number of ether oxygens (including phenoxy) is 1. The summed E-state index contributed by atoms with van der Waals surface area (Å²) in [6.07, 6.45) is 7.97. The largest absolute Gasteiger partial charge is 0.377 e. The van der Waals surface area contributed by atoms with Gasteiger partial charge < -0.3 is 4.74 Å². The van der Waals surface area contributed by atoms with Crippen LogP contribution in [0.4, 0.5) is 0 Å². The third-order valence-corrected chi connectivity index (χ3v) is 2.99. The van der Waals surface area contributed by atoms with Gasteiger partial charge in [-0.25, -0.2) is 0 Å². The molecule has 1 aromatic rings. The monoisotopic (exact) mass is 234 g/mol. The lowest BCUT2D eigenvalue weighted by Crippen LogP contribution is -1.96. The molecule has 0 N–H and O–H groups in total. The minimum absolute atomic E-state index is 0.761. The number of benzene rings is 1. The van der Waals surface area contributed by atoms with Crippen LogP contribution in [-0.4, -0.2) is 6.61 Å². The Labute approximate surface area is 106 Å². The van der Waals surface area contributed by atoms with Gasteiger partial charge in [0.25, 0.3) is 0 Å². The van der Waals surface area contributed by atoms with E-state index in [0.29, 0.717) is 0 Å². The van der Waals surface area contributed by atoms with E-state index in [2.05, 4.69) is 38.1 Å².